The van der Waals surface area contributed by atoms with Crippen LogP contribution in [0.5, 0.6) is 0 Å². The van der Waals surface area contributed by atoms with Crippen LogP contribution in [0, 0.1) is 18.3 Å². The predicted molar refractivity (Wildman–Crippen MR) is 62.3 cm³/mol. The summed E-state index contributed by atoms with van der Waals surface area (Å²) < 4.78 is 5.48. The van der Waals surface area contributed by atoms with E-state index in [0.717, 1.165) is 11.5 Å². The molecule has 5 heteroatoms. The molecule has 0 N–H and O–H groups in total. The van der Waals surface area contributed by atoms with Crippen molar-refractivity contribution >= 4 is 5.82 Å². The van der Waals surface area contributed by atoms with Crippen molar-refractivity contribution in [1.82, 2.24) is 10.2 Å². The third-order valence-electron chi connectivity index (χ3n) is 2.37. The fraction of sp³-hybridized carbons (Fsp3) is 0.250. The topological polar surface area (TPSA) is 66.0 Å². The van der Waals surface area contributed by atoms with E-state index in [4.69, 9.17) is 9.68 Å². The molecule has 5 nitrogen and oxygen atoms in total. The van der Waals surface area contributed by atoms with E-state index >= 15 is 0 Å². The van der Waals surface area contributed by atoms with Gasteiger partial charge >= 0.3 is 0 Å². The molecule has 0 aliphatic rings. The van der Waals surface area contributed by atoms with E-state index < -0.39 is 0 Å². The third-order valence-corrected chi connectivity index (χ3v) is 2.37. The monoisotopic (exact) mass is 228 g/mol. The highest BCUT2D eigenvalue weighted by Crippen LogP contribution is 2.17. The molecule has 0 radical (unpaired) electrons. The molecular weight excluding hydrogens is 216 g/mol. The zero-order valence-corrected chi connectivity index (χ0v) is 9.71. The maximum atomic E-state index is 8.97. The highest BCUT2D eigenvalue weighted by atomic mass is 16.3. The molecule has 0 aliphatic heterocycles. The summed E-state index contributed by atoms with van der Waals surface area (Å²) in [6.45, 7) is 2.45. The molecule has 0 spiro atoms. The van der Waals surface area contributed by atoms with Gasteiger partial charge in [-0.05, 0) is 25.1 Å². The molecule has 2 aromatic heterocycles. The zero-order chi connectivity index (χ0) is 12.3. The van der Waals surface area contributed by atoms with E-state index in [1.807, 2.05) is 31.0 Å². The molecule has 0 aromatic carbocycles. The highest BCUT2D eigenvalue weighted by Gasteiger charge is 2.11. The first kappa shape index (κ1) is 11.1. The maximum absolute atomic E-state index is 8.97. The Morgan fingerprint density at radius 3 is 2.88 bits per heavy atom. The van der Waals surface area contributed by atoms with Crippen LogP contribution in [0.15, 0.2) is 28.8 Å². The molecule has 0 unspecified atom stereocenters. The van der Waals surface area contributed by atoms with Gasteiger partial charge in [0.15, 0.2) is 5.82 Å². The normalized spacial score (nSPS) is 9.94. The molecule has 0 atom stereocenters. The minimum Gasteiger partial charge on any atom is -0.464 e. The lowest BCUT2D eigenvalue weighted by Crippen LogP contribution is -2.19. The van der Waals surface area contributed by atoms with Crippen LogP contribution in [0.2, 0.25) is 0 Å². The van der Waals surface area contributed by atoms with Crippen molar-refractivity contribution in [3.63, 3.8) is 0 Å². The standard InChI is InChI=1S/C12H12N4O/c1-9-3-4-11(17-9)8-16(2)12-10(7-13)5-6-14-15-12/h3-6H,8H2,1-2H3. The SMILES string of the molecule is Cc1ccc(CN(C)c2nnccc2C#N)o1. The summed E-state index contributed by atoms with van der Waals surface area (Å²) in [5.41, 5.74) is 0.505. The van der Waals surface area contributed by atoms with Crippen molar-refractivity contribution in [3.05, 3.63) is 41.5 Å². The molecule has 0 saturated heterocycles. The number of rotatable bonds is 3. The first-order valence-electron chi connectivity index (χ1n) is 5.19. The summed E-state index contributed by atoms with van der Waals surface area (Å²) in [6, 6.07) is 7.56. The van der Waals surface area contributed by atoms with Crippen molar-refractivity contribution in [2.75, 3.05) is 11.9 Å². The smallest absolute Gasteiger partial charge is 0.169 e. The average Bonchev–Trinajstić information content (AvgIpc) is 2.74. The molecule has 17 heavy (non-hydrogen) atoms. The van der Waals surface area contributed by atoms with Crippen molar-refractivity contribution in [3.8, 4) is 6.07 Å². The minimum absolute atomic E-state index is 0.505. The lowest BCUT2D eigenvalue weighted by atomic mass is 10.3. The molecule has 2 aromatic rings. The second-order valence-electron chi connectivity index (χ2n) is 3.75. The number of nitriles is 1. The average molecular weight is 228 g/mol. The van der Waals surface area contributed by atoms with Gasteiger partial charge in [0.05, 0.1) is 18.3 Å². The Kier molecular flexibility index (Phi) is 3.06. The molecule has 2 heterocycles. The van der Waals surface area contributed by atoms with Crippen LogP contribution in [-0.2, 0) is 6.54 Å². The van der Waals surface area contributed by atoms with Crippen LogP contribution in [-0.4, -0.2) is 17.2 Å². The lowest BCUT2D eigenvalue weighted by molar-refractivity contribution is 0.481. The van der Waals surface area contributed by atoms with E-state index in [0.29, 0.717) is 17.9 Å². The third kappa shape index (κ3) is 2.42. The Labute approximate surface area is 99.3 Å². The number of anilines is 1. The van der Waals surface area contributed by atoms with Gasteiger partial charge in [0.25, 0.3) is 0 Å². The van der Waals surface area contributed by atoms with Crippen molar-refractivity contribution < 1.29 is 4.42 Å². The second-order valence-corrected chi connectivity index (χ2v) is 3.75. The van der Waals surface area contributed by atoms with Crippen LogP contribution in [0.3, 0.4) is 0 Å². The Hall–Kier alpha value is -2.35. The number of hydrogen-bond donors (Lipinski definition) is 0. The van der Waals surface area contributed by atoms with Gasteiger partial charge in [-0.1, -0.05) is 0 Å². The van der Waals surface area contributed by atoms with E-state index in [-0.39, 0.29) is 0 Å². The van der Waals surface area contributed by atoms with Crippen LogP contribution in [0.25, 0.3) is 0 Å². The van der Waals surface area contributed by atoms with E-state index in [1.165, 1.54) is 6.20 Å². The van der Waals surface area contributed by atoms with Crippen molar-refractivity contribution in [2.45, 2.75) is 13.5 Å². The Bertz CT molecular complexity index is 556. The largest absolute Gasteiger partial charge is 0.464 e. The summed E-state index contributed by atoms with van der Waals surface area (Å²) in [6.07, 6.45) is 1.51. The van der Waals surface area contributed by atoms with Gasteiger partial charge in [0.1, 0.15) is 17.6 Å². The van der Waals surface area contributed by atoms with Gasteiger partial charge in [-0.3, -0.25) is 0 Å². The van der Waals surface area contributed by atoms with Crippen LogP contribution in [0.1, 0.15) is 17.1 Å². The molecule has 0 bridgehead atoms. The minimum atomic E-state index is 0.505. The first-order chi connectivity index (χ1) is 8.20. The van der Waals surface area contributed by atoms with E-state index in [1.54, 1.807) is 6.07 Å². The quantitative estimate of drug-likeness (QED) is 0.802. The molecule has 0 saturated carbocycles. The Balaban J connectivity index is 2.20. The number of aromatic nitrogens is 2. The fourth-order valence-electron chi connectivity index (χ4n) is 1.57. The molecule has 2 rings (SSSR count). The summed E-state index contributed by atoms with van der Waals surface area (Å²) >= 11 is 0. The van der Waals surface area contributed by atoms with Gasteiger partial charge in [0, 0.05) is 7.05 Å². The van der Waals surface area contributed by atoms with Crippen LogP contribution < -0.4 is 4.90 Å². The molecule has 0 amide bonds. The van der Waals surface area contributed by atoms with Crippen molar-refractivity contribution in [1.29, 1.82) is 5.26 Å². The number of nitrogens with zero attached hydrogens (tertiary/aromatic N) is 4. The molecule has 0 aliphatic carbocycles. The number of aryl methyl sites for hydroxylation is 1. The summed E-state index contributed by atoms with van der Waals surface area (Å²) in [4.78, 5) is 1.84. The Morgan fingerprint density at radius 2 is 2.24 bits per heavy atom. The zero-order valence-electron chi connectivity index (χ0n) is 9.71. The molecule has 0 fully saturated rings. The van der Waals surface area contributed by atoms with Crippen LogP contribution in [0.4, 0.5) is 5.82 Å². The Morgan fingerprint density at radius 1 is 1.41 bits per heavy atom. The first-order valence-corrected chi connectivity index (χ1v) is 5.19. The fourth-order valence-corrected chi connectivity index (χ4v) is 1.57. The predicted octanol–water partition coefficient (Wildman–Crippen LogP) is 1.89. The highest BCUT2D eigenvalue weighted by molar-refractivity contribution is 5.51. The molecule has 86 valence electrons. The summed E-state index contributed by atoms with van der Waals surface area (Å²) in [5.74, 6) is 2.26. The van der Waals surface area contributed by atoms with E-state index in [9.17, 15) is 0 Å². The molecular formula is C12H12N4O. The number of furan rings is 1. The van der Waals surface area contributed by atoms with Gasteiger partial charge in [0.2, 0.25) is 0 Å². The van der Waals surface area contributed by atoms with Gasteiger partial charge in [-0.2, -0.15) is 10.4 Å². The van der Waals surface area contributed by atoms with Gasteiger partial charge < -0.3 is 9.32 Å². The lowest BCUT2D eigenvalue weighted by Gasteiger charge is -2.16. The number of hydrogen-bond acceptors (Lipinski definition) is 5. The van der Waals surface area contributed by atoms with Gasteiger partial charge in [-0.25, -0.2) is 0 Å². The van der Waals surface area contributed by atoms with Crippen LogP contribution >= 0.6 is 0 Å². The maximum Gasteiger partial charge on any atom is 0.169 e. The van der Waals surface area contributed by atoms with Gasteiger partial charge in [-0.15, -0.1) is 5.10 Å². The second kappa shape index (κ2) is 4.66. The van der Waals surface area contributed by atoms with E-state index in [2.05, 4.69) is 16.3 Å². The summed E-state index contributed by atoms with van der Waals surface area (Å²) in [5, 5.41) is 16.7. The summed E-state index contributed by atoms with van der Waals surface area (Å²) in [7, 11) is 1.85. The van der Waals surface area contributed by atoms with Crippen molar-refractivity contribution in [2.24, 2.45) is 0 Å².